The molecule has 1 aliphatic rings. The number of thioether (sulfide) groups is 1. The fourth-order valence-electron chi connectivity index (χ4n) is 4.64. The molecular weight excluding hydrogens is 580 g/mol. The molecule has 1 aliphatic heterocycles. The number of fused-ring (bicyclic) bond motifs is 1. The molecule has 5 atom stereocenters. The minimum atomic E-state index is -1.26. The predicted molar refractivity (Wildman–Crippen MR) is 154 cm³/mol. The highest BCUT2D eigenvalue weighted by Crippen LogP contribution is 2.38. The van der Waals surface area contributed by atoms with Crippen LogP contribution in [0.5, 0.6) is 5.75 Å². The van der Waals surface area contributed by atoms with Gasteiger partial charge >= 0.3 is 23.9 Å². The fraction of sp³-hybridized carbons (Fsp3) is 0.433. The summed E-state index contributed by atoms with van der Waals surface area (Å²) in [6, 6.07) is 15.3. The molecule has 0 spiro atoms. The van der Waals surface area contributed by atoms with Crippen molar-refractivity contribution < 1.29 is 47.6 Å². The van der Waals surface area contributed by atoms with E-state index in [9.17, 15) is 19.2 Å². The van der Waals surface area contributed by atoms with Crippen LogP contribution in [-0.2, 0) is 49.4 Å². The number of hydrogen-bond acceptors (Lipinski definition) is 12. The first-order chi connectivity index (χ1) is 20.5. The number of para-hydroxylation sites is 2. The van der Waals surface area contributed by atoms with Gasteiger partial charge in [0.1, 0.15) is 25.1 Å². The van der Waals surface area contributed by atoms with Gasteiger partial charge in [-0.1, -0.05) is 41.6 Å². The summed E-state index contributed by atoms with van der Waals surface area (Å²) in [5, 5.41) is 0.509. The van der Waals surface area contributed by atoms with E-state index < -0.39 is 53.7 Å². The molecule has 1 aromatic heterocycles. The van der Waals surface area contributed by atoms with Crippen molar-refractivity contribution in [2.75, 3.05) is 13.2 Å². The van der Waals surface area contributed by atoms with Crippen molar-refractivity contribution in [3.05, 3.63) is 54.1 Å². The number of benzene rings is 2. The van der Waals surface area contributed by atoms with Gasteiger partial charge in [-0.2, -0.15) is 0 Å². The zero-order valence-electron chi connectivity index (χ0n) is 24.5. The number of nitrogens with zero attached hydrogens (tertiary/aromatic N) is 2. The first kappa shape index (κ1) is 31.8. The molecule has 3 aromatic rings. The van der Waals surface area contributed by atoms with Crippen molar-refractivity contribution in [3.63, 3.8) is 0 Å². The van der Waals surface area contributed by atoms with Crippen LogP contribution in [0.1, 0.15) is 33.3 Å². The van der Waals surface area contributed by atoms with Crippen molar-refractivity contribution >= 4 is 46.7 Å². The minimum absolute atomic E-state index is 0.310. The van der Waals surface area contributed by atoms with Gasteiger partial charge in [-0.15, -0.1) is 0 Å². The van der Waals surface area contributed by atoms with E-state index in [1.807, 2.05) is 60.0 Å². The van der Waals surface area contributed by atoms with E-state index in [4.69, 9.17) is 33.4 Å². The van der Waals surface area contributed by atoms with Crippen LogP contribution in [0.15, 0.2) is 53.7 Å². The maximum Gasteiger partial charge on any atom is 0.303 e. The lowest BCUT2D eigenvalue weighted by atomic mass is 9.99. The molecule has 2 heterocycles. The van der Waals surface area contributed by atoms with Crippen LogP contribution in [-0.4, -0.2) is 76.5 Å². The molecule has 0 bridgehead atoms. The molecule has 0 N–H and O–H groups in total. The van der Waals surface area contributed by atoms with E-state index >= 15 is 0 Å². The lowest BCUT2D eigenvalue weighted by Crippen LogP contribution is -2.61. The maximum atomic E-state index is 12.2. The summed E-state index contributed by atoms with van der Waals surface area (Å²) >= 11 is 1.13. The third-order valence-corrected chi connectivity index (χ3v) is 7.53. The van der Waals surface area contributed by atoms with Gasteiger partial charge in [0.25, 0.3) is 0 Å². The molecule has 1 saturated heterocycles. The topological polar surface area (TPSA) is 141 Å². The minimum Gasteiger partial charge on any atom is -0.492 e. The number of carbonyl (C=O) groups is 4. The monoisotopic (exact) mass is 614 g/mol. The molecule has 5 unspecified atom stereocenters. The Morgan fingerprint density at radius 2 is 1.47 bits per heavy atom. The van der Waals surface area contributed by atoms with Gasteiger partial charge in [0.15, 0.2) is 28.9 Å². The van der Waals surface area contributed by atoms with Gasteiger partial charge in [-0.05, 0) is 31.2 Å². The third-order valence-electron chi connectivity index (χ3n) is 6.39. The zero-order valence-corrected chi connectivity index (χ0v) is 25.3. The molecule has 0 aliphatic carbocycles. The number of carbonyl (C=O) groups excluding carboxylic acids is 4. The maximum absolute atomic E-state index is 12.2. The molecule has 1 fully saturated rings. The van der Waals surface area contributed by atoms with E-state index in [-0.39, 0.29) is 6.61 Å². The van der Waals surface area contributed by atoms with Crippen molar-refractivity contribution in [1.82, 2.24) is 9.55 Å². The molecular formula is C30H34N2O10S. The molecule has 230 valence electrons. The summed E-state index contributed by atoms with van der Waals surface area (Å²) in [4.78, 5) is 52.9. The zero-order chi connectivity index (χ0) is 31.1. The smallest absolute Gasteiger partial charge is 0.303 e. The molecule has 43 heavy (non-hydrogen) atoms. The van der Waals surface area contributed by atoms with Crippen LogP contribution < -0.4 is 4.74 Å². The summed E-state index contributed by atoms with van der Waals surface area (Å²) in [6.45, 7) is 7.22. The highest BCUT2D eigenvalue weighted by molar-refractivity contribution is 7.99. The van der Waals surface area contributed by atoms with E-state index in [1.54, 1.807) is 0 Å². The Morgan fingerprint density at radius 3 is 2.12 bits per heavy atom. The van der Waals surface area contributed by atoms with Crippen molar-refractivity contribution in [3.8, 4) is 5.75 Å². The lowest BCUT2D eigenvalue weighted by molar-refractivity contribution is -0.237. The van der Waals surface area contributed by atoms with Gasteiger partial charge in [0.05, 0.1) is 17.6 Å². The largest absolute Gasteiger partial charge is 0.492 e. The van der Waals surface area contributed by atoms with Gasteiger partial charge in [0, 0.05) is 27.7 Å². The highest BCUT2D eigenvalue weighted by Gasteiger charge is 2.52. The Labute approximate surface area is 252 Å². The van der Waals surface area contributed by atoms with Crippen LogP contribution in [0.3, 0.4) is 0 Å². The second kappa shape index (κ2) is 14.4. The van der Waals surface area contributed by atoms with Crippen LogP contribution in [0, 0.1) is 6.92 Å². The summed E-state index contributed by atoms with van der Waals surface area (Å²) < 4.78 is 36.0. The number of hydrogen-bond donors (Lipinski definition) is 0. The normalized spacial score (nSPS) is 21.6. The average Bonchev–Trinajstić information content (AvgIpc) is 3.28. The standard InChI is InChI=1S/C30H34N2O10S/c1-17-10-12-22(13-11-17)37-15-14-32-24-9-7-6-8-23(24)31-30(32)43-29-28(41-21(5)36)27(40-20(4)35)26(39-19(3)34)25(42-29)16-38-18(2)33/h6-13,25-29H,14-16H2,1-5H3. The summed E-state index contributed by atoms with van der Waals surface area (Å²) in [7, 11) is 0. The Bertz CT molecular complexity index is 1460. The number of ether oxygens (including phenoxy) is 6. The highest BCUT2D eigenvalue weighted by atomic mass is 32.2. The van der Waals surface area contributed by atoms with Crippen LogP contribution in [0.25, 0.3) is 11.0 Å². The fourth-order valence-corrected chi connectivity index (χ4v) is 5.85. The van der Waals surface area contributed by atoms with Gasteiger partial charge in [-0.25, -0.2) is 4.98 Å². The Balaban J connectivity index is 1.68. The number of rotatable bonds is 11. The second-order valence-electron chi connectivity index (χ2n) is 9.88. The van der Waals surface area contributed by atoms with E-state index in [0.717, 1.165) is 28.6 Å². The van der Waals surface area contributed by atoms with Crippen LogP contribution >= 0.6 is 11.8 Å². The number of imidazole rings is 1. The first-order valence-corrected chi connectivity index (χ1v) is 14.5. The van der Waals surface area contributed by atoms with Crippen molar-refractivity contribution in [2.24, 2.45) is 0 Å². The quantitative estimate of drug-likeness (QED) is 0.230. The Kier molecular flexibility index (Phi) is 10.6. The number of aromatic nitrogens is 2. The number of aryl methyl sites for hydroxylation is 1. The summed E-state index contributed by atoms with van der Waals surface area (Å²) in [6.07, 6.45) is -4.76. The van der Waals surface area contributed by atoms with Crippen molar-refractivity contribution in [2.45, 2.75) is 76.2 Å². The molecule has 0 radical (unpaired) electrons. The molecule has 0 amide bonds. The molecule has 4 rings (SSSR count). The van der Waals surface area contributed by atoms with Gasteiger partial charge < -0.3 is 33.0 Å². The predicted octanol–water partition coefficient (Wildman–Crippen LogP) is 3.60. The third kappa shape index (κ3) is 8.48. The Hall–Kier alpha value is -4.10. The summed E-state index contributed by atoms with van der Waals surface area (Å²) in [5.74, 6) is -1.92. The SMILES string of the molecule is CC(=O)OCC1OC(Sc2nc3ccccc3n2CCOc2ccc(C)cc2)C(OC(C)=O)C(OC(C)=O)C1OC(C)=O. The molecule has 12 nitrogen and oxygen atoms in total. The van der Waals surface area contributed by atoms with E-state index in [2.05, 4.69) is 0 Å². The van der Waals surface area contributed by atoms with E-state index in [1.165, 1.54) is 27.7 Å². The van der Waals surface area contributed by atoms with Crippen LogP contribution in [0.4, 0.5) is 0 Å². The van der Waals surface area contributed by atoms with E-state index in [0.29, 0.717) is 23.8 Å². The lowest BCUT2D eigenvalue weighted by Gasteiger charge is -2.44. The summed E-state index contributed by atoms with van der Waals surface area (Å²) in [5.41, 5.74) is 1.67. The molecule has 0 saturated carbocycles. The van der Waals surface area contributed by atoms with Gasteiger partial charge in [-0.3, -0.25) is 19.2 Å². The first-order valence-electron chi connectivity index (χ1n) is 13.6. The molecule has 13 heteroatoms. The molecule has 2 aromatic carbocycles. The van der Waals surface area contributed by atoms with Crippen LogP contribution in [0.2, 0.25) is 0 Å². The average molecular weight is 615 g/mol. The van der Waals surface area contributed by atoms with Crippen molar-refractivity contribution in [1.29, 1.82) is 0 Å². The Morgan fingerprint density at radius 1 is 0.837 bits per heavy atom. The second-order valence-corrected chi connectivity index (χ2v) is 10.9. The van der Waals surface area contributed by atoms with Gasteiger partial charge in [0.2, 0.25) is 0 Å². The number of esters is 4.